The lowest BCUT2D eigenvalue weighted by Gasteiger charge is -2.35. The lowest BCUT2D eigenvalue weighted by molar-refractivity contribution is 0.00446. The summed E-state index contributed by atoms with van der Waals surface area (Å²) < 4.78 is 1.01. The number of aromatic nitrogens is 4. The summed E-state index contributed by atoms with van der Waals surface area (Å²) in [6.45, 7) is 2.53. The molecule has 2 saturated carbocycles. The third-order valence-electron chi connectivity index (χ3n) is 7.91. The zero-order valence-corrected chi connectivity index (χ0v) is 22.0. The largest absolute Gasteiger partial charge is 0.396 e. The van der Waals surface area contributed by atoms with E-state index >= 15 is 0 Å². The zero-order chi connectivity index (χ0) is 26.2. The van der Waals surface area contributed by atoms with Gasteiger partial charge in [-0.05, 0) is 49.7 Å². The van der Waals surface area contributed by atoms with Crippen LogP contribution in [0.4, 0.5) is 11.8 Å². The maximum Gasteiger partial charge on any atom is 0.224 e. The van der Waals surface area contributed by atoms with E-state index in [4.69, 9.17) is 15.0 Å². The zero-order valence-electron chi connectivity index (χ0n) is 21.2. The molecule has 0 saturated heterocycles. The molecule has 2 aliphatic rings. The van der Waals surface area contributed by atoms with Crippen molar-refractivity contribution in [3.63, 3.8) is 0 Å². The number of rotatable bonds is 8. The van der Waals surface area contributed by atoms with Gasteiger partial charge in [0.05, 0.1) is 34.3 Å². The fourth-order valence-corrected chi connectivity index (χ4v) is 6.69. The van der Waals surface area contributed by atoms with E-state index in [1.54, 1.807) is 12.4 Å². The minimum absolute atomic E-state index is 0.185. The second kappa shape index (κ2) is 10.5. The SMILES string of the molecule is Cc1nc(NCC2CC(c3ccccc3)C2)nc(NC2CC(CO)C(O)C2O)c1-c1nc2cnccc2s1. The highest BCUT2D eigenvalue weighted by molar-refractivity contribution is 7.21. The summed E-state index contributed by atoms with van der Waals surface area (Å²) in [7, 11) is 0. The van der Waals surface area contributed by atoms with Gasteiger partial charge in [0.1, 0.15) is 22.4 Å². The Morgan fingerprint density at radius 2 is 1.82 bits per heavy atom. The van der Waals surface area contributed by atoms with Crippen LogP contribution < -0.4 is 10.6 Å². The molecular weight excluding hydrogens is 500 g/mol. The van der Waals surface area contributed by atoms with Gasteiger partial charge >= 0.3 is 0 Å². The van der Waals surface area contributed by atoms with Crippen LogP contribution in [0.1, 0.15) is 36.4 Å². The quantitative estimate of drug-likeness (QED) is 0.231. The molecule has 4 aromatic rings. The third kappa shape index (κ3) is 4.84. The van der Waals surface area contributed by atoms with Crippen LogP contribution in [0.3, 0.4) is 0 Å². The summed E-state index contributed by atoms with van der Waals surface area (Å²) in [4.78, 5) is 18.5. The Hall–Kier alpha value is -3.18. The monoisotopic (exact) mass is 532 g/mol. The number of nitrogens with one attached hydrogen (secondary N) is 2. The number of nitrogens with zero attached hydrogens (tertiary/aromatic N) is 4. The first kappa shape index (κ1) is 25.1. The second-order valence-corrected chi connectivity index (χ2v) is 11.5. The van der Waals surface area contributed by atoms with Crippen molar-refractivity contribution >= 4 is 33.3 Å². The molecule has 0 aliphatic heterocycles. The van der Waals surface area contributed by atoms with E-state index < -0.39 is 24.2 Å². The van der Waals surface area contributed by atoms with E-state index in [9.17, 15) is 15.3 Å². The molecule has 0 radical (unpaired) electrons. The maximum atomic E-state index is 10.7. The van der Waals surface area contributed by atoms with Crippen LogP contribution >= 0.6 is 11.3 Å². The molecule has 10 heteroatoms. The van der Waals surface area contributed by atoms with Crippen LogP contribution in [0, 0.1) is 18.8 Å². The molecule has 1 aromatic carbocycles. The molecule has 9 nitrogen and oxygen atoms in total. The smallest absolute Gasteiger partial charge is 0.224 e. The second-order valence-electron chi connectivity index (χ2n) is 10.5. The van der Waals surface area contributed by atoms with Gasteiger partial charge < -0.3 is 26.0 Å². The van der Waals surface area contributed by atoms with Crippen molar-refractivity contribution < 1.29 is 15.3 Å². The van der Waals surface area contributed by atoms with Crippen molar-refractivity contribution in [2.45, 2.75) is 50.4 Å². The third-order valence-corrected chi connectivity index (χ3v) is 8.96. The molecule has 0 bridgehead atoms. The van der Waals surface area contributed by atoms with Gasteiger partial charge in [0.15, 0.2) is 0 Å². The lowest BCUT2D eigenvalue weighted by Crippen LogP contribution is -2.36. The Morgan fingerprint density at radius 1 is 1.00 bits per heavy atom. The van der Waals surface area contributed by atoms with Gasteiger partial charge in [0.2, 0.25) is 5.95 Å². The molecule has 38 heavy (non-hydrogen) atoms. The number of fused-ring (bicyclic) bond motifs is 1. The van der Waals surface area contributed by atoms with Crippen molar-refractivity contribution in [2.24, 2.45) is 11.8 Å². The molecule has 198 valence electrons. The molecule has 5 N–H and O–H groups in total. The summed E-state index contributed by atoms with van der Waals surface area (Å²) in [6.07, 6.45) is 4.16. The Bertz CT molecular complexity index is 1380. The van der Waals surface area contributed by atoms with Crippen molar-refractivity contribution in [1.29, 1.82) is 0 Å². The summed E-state index contributed by atoms with van der Waals surface area (Å²) in [5.74, 6) is 1.84. The Labute approximate surface area is 225 Å². The standard InChI is InChI=1S/C28H32N6O3S/c1-15-23(27-33-21-13-29-8-7-22(21)38-27)26(32-20-11-19(14-35)24(36)25(20)37)34-28(31-15)30-12-16-9-18(10-16)17-5-3-2-4-6-17/h2-8,13,16,18-20,24-25,35-37H,9-12,14H2,1H3,(H2,30,31,32,34). The number of aliphatic hydroxyl groups is 3. The molecule has 4 unspecified atom stereocenters. The first-order chi connectivity index (χ1) is 18.5. The number of pyridine rings is 1. The van der Waals surface area contributed by atoms with Gasteiger partial charge in [-0.15, -0.1) is 11.3 Å². The first-order valence-electron chi connectivity index (χ1n) is 13.1. The van der Waals surface area contributed by atoms with Gasteiger partial charge in [-0.2, -0.15) is 4.98 Å². The van der Waals surface area contributed by atoms with Gasteiger partial charge in [0.25, 0.3) is 0 Å². The van der Waals surface area contributed by atoms with Crippen LogP contribution in [0.25, 0.3) is 20.8 Å². The summed E-state index contributed by atoms with van der Waals surface area (Å²) in [5.41, 5.74) is 3.73. The van der Waals surface area contributed by atoms with Crippen molar-refractivity contribution in [2.75, 3.05) is 23.8 Å². The number of aryl methyl sites for hydroxylation is 1. The first-order valence-corrected chi connectivity index (χ1v) is 13.9. The van der Waals surface area contributed by atoms with Crippen LogP contribution in [-0.4, -0.2) is 66.7 Å². The van der Waals surface area contributed by atoms with E-state index in [-0.39, 0.29) is 6.61 Å². The van der Waals surface area contributed by atoms with Crippen molar-refractivity contribution in [1.82, 2.24) is 19.9 Å². The van der Waals surface area contributed by atoms with Crippen molar-refractivity contribution in [3.8, 4) is 10.6 Å². The molecule has 3 heterocycles. The van der Waals surface area contributed by atoms with E-state index in [1.165, 1.54) is 16.9 Å². The fourth-order valence-electron chi connectivity index (χ4n) is 5.66. The van der Waals surface area contributed by atoms with Gasteiger partial charge in [-0.1, -0.05) is 30.3 Å². The topological polar surface area (TPSA) is 136 Å². The highest BCUT2D eigenvalue weighted by Crippen LogP contribution is 2.42. The van der Waals surface area contributed by atoms with Crippen molar-refractivity contribution in [3.05, 3.63) is 60.0 Å². The Morgan fingerprint density at radius 3 is 2.55 bits per heavy atom. The number of thiazole rings is 1. The van der Waals surface area contributed by atoms with Crippen LogP contribution in [-0.2, 0) is 0 Å². The Balaban J connectivity index is 1.24. The predicted molar refractivity (Wildman–Crippen MR) is 148 cm³/mol. The number of aliphatic hydroxyl groups excluding tert-OH is 3. The Kier molecular flexibility index (Phi) is 6.96. The molecule has 0 amide bonds. The highest BCUT2D eigenvalue weighted by atomic mass is 32.1. The number of hydrogen-bond donors (Lipinski definition) is 5. The minimum Gasteiger partial charge on any atom is -0.396 e. The van der Waals surface area contributed by atoms with Crippen LogP contribution in [0.5, 0.6) is 0 Å². The van der Waals surface area contributed by atoms with Gasteiger partial charge in [0, 0.05) is 25.3 Å². The summed E-state index contributed by atoms with van der Waals surface area (Å²) in [5, 5.41) is 38.2. The van der Waals surface area contributed by atoms with E-state index in [0.29, 0.717) is 30.0 Å². The average molecular weight is 533 g/mol. The molecule has 6 rings (SSSR count). The molecule has 2 aliphatic carbocycles. The summed E-state index contributed by atoms with van der Waals surface area (Å²) in [6, 6.07) is 12.1. The average Bonchev–Trinajstić information content (AvgIpc) is 3.44. The van der Waals surface area contributed by atoms with Crippen LogP contribution in [0.15, 0.2) is 48.8 Å². The number of benzene rings is 1. The van der Waals surface area contributed by atoms with Gasteiger partial charge in [-0.25, -0.2) is 9.97 Å². The predicted octanol–water partition coefficient (Wildman–Crippen LogP) is 3.58. The summed E-state index contributed by atoms with van der Waals surface area (Å²) >= 11 is 1.53. The molecule has 3 aromatic heterocycles. The number of anilines is 2. The van der Waals surface area contributed by atoms with Gasteiger partial charge in [-0.3, -0.25) is 4.98 Å². The fraction of sp³-hybridized carbons (Fsp3) is 0.429. The van der Waals surface area contributed by atoms with E-state index in [0.717, 1.165) is 45.9 Å². The normalized spacial score (nSPS) is 26.8. The van der Waals surface area contributed by atoms with Crippen LogP contribution in [0.2, 0.25) is 0 Å². The number of hydrogen-bond acceptors (Lipinski definition) is 10. The van der Waals surface area contributed by atoms with E-state index in [2.05, 4.69) is 45.9 Å². The van der Waals surface area contributed by atoms with E-state index in [1.807, 2.05) is 13.0 Å². The molecule has 0 spiro atoms. The molecular formula is C28H32N6O3S. The maximum absolute atomic E-state index is 10.7. The lowest BCUT2D eigenvalue weighted by atomic mass is 9.71. The molecule has 4 atom stereocenters. The highest BCUT2D eigenvalue weighted by Gasteiger charge is 2.41. The molecule has 2 fully saturated rings. The minimum atomic E-state index is -1.02.